The maximum Gasteiger partial charge on any atom is 0.326 e. The number of hydrogen-bond acceptors (Lipinski definition) is 3. The van der Waals surface area contributed by atoms with Crippen LogP contribution in [0.5, 0.6) is 0 Å². The van der Waals surface area contributed by atoms with Crippen molar-refractivity contribution in [2.45, 2.75) is 13.8 Å². The molecular weight excluding hydrogens is 299 g/mol. The predicted molar refractivity (Wildman–Crippen MR) is 80.6 cm³/mol. The third-order valence-electron chi connectivity index (χ3n) is 2.53. The van der Waals surface area contributed by atoms with Crippen LogP contribution in [0, 0.1) is 13.8 Å². The number of aryl methyl sites for hydroxylation is 2. The number of hydrogen-bond donors (Lipinski definition) is 2. The lowest BCUT2D eigenvalue weighted by molar-refractivity contribution is 0.262. The van der Waals surface area contributed by atoms with Gasteiger partial charge in [-0.25, -0.2) is 14.8 Å². The summed E-state index contributed by atoms with van der Waals surface area (Å²) < 4.78 is 0. The van der Waals surface area contributed by atoms with Gasteiger partial charge in [0, 0.05) is 0 Å². The van der Waals surface area contributed by atoms with Gasteiger partial charge in [-0.1, -0.05) is 23.2 Å². The molecule has 2 aromatic heterocycles. The number of anilines is 2. The van der Waals surface area contributed by atoms with Crippen LogP contribution >= 0.6 is 23.2 Å². The molecule has 2 aromatic rings. The van der Waals surface area contributed by atoms with Crippen LogP contribution in [-0.2, 0) is 0 Å². The summed E-state index contributed by atoms with van der Waals surface area (Å²) >= 11 is 11.7. The summed E-state index contributed by atoms with van der Waals surface area (Å²) in [5.74, 6) is 0.824. The van der Waals surface area contributed by atoms with Gasteiger partial charge in [0.25, 0.3) is 0 Å². The molecule has 0 aliphatic carbocycles. The summed E-state index contributed by atoms with van der Waals surface area (Å²) in [6, 6.07) is 6.15. The average molecular weight is 311 g/mol. The Morgan fingerprint density at radius 1 is 0.900 bits per heavy atom. The molecule has 0 spiro atoms. The molecule has 2 amide bonds. The second-order valence-electron chi connectivity index (χ2n) is 4.11. The first kappa shape index (κ1) is 14.6. The van der Waals surface area contributed by atoms with E-state index in [2.05, 4.69) is 20.6 Å². The first-order chi connectivity index (χ1) is 9.45. The van der Waals surface area contributed by atoms with Gasteiger partial charge in [0.05, 0.1) is 21.4 Å². The van der Waals surface area contributed by atoms with E-state index in [4.69, 9.17) is 23.2 Å². The fourth-order valence-electron chi connectivity index (χ4n) is 1.49. The first-order valence-corrected chi connectivity index (χ1v) is 6.55. The lowest BCUT2D eigenvalue weighted by atomic mass is 10.3. The van der Waals surface area contributed by atoms with Crippen molar-refractivity contribution in [1.82, 2.24) is 9.97 Å². The molecule has 0 aliphatic rings. The molecule has 2 heterocycles. The summed E-state index contributed by atoms with van der Waals surface area (Å²) in [6.45, 7) is 3.52. The lowest BCUT2D eigenvalue weighted by Gasteiger charge is -2.08. The number of nitrogens with one attached hydrogen (secondary N) is 2. The van der Waals surface area contributed by atoms with Crippen molar-refractivity contribution >= 4 is 40.9 Å². The molecule has 0 fully saturated rings. The van der Waals surface area contributed by atoms with Gasteiger partial charge >= 0.3 is 6.03 Å². The maximum absolute atomic E-state index is 11.8. The zero-order valence-corrected chi connectivity index (χ0v) is 12.4. The second-order valence-corrected chi connectivity index (χ2v) is 4.92. The third kappa shape index (κ3) is 3.59. The van der Waals surface area contributed by atoms with E-state index in [-0.39, 0.29) is 0 Å². The quantitative estimate of drug-likeness (QED) is 0.879. The van der Waals surface area contributed by atoms with E-state index in [0.717, 1.165) is 0 Å². The van der Waals surface area contributed by atoms with Gasteiger partial charge in [-0.3, -0.25) is 10.6 Å². The predicted octanol–water partition coefficient (Wildman–Crippen LogP) is 4.04. The van der Waals surface area contributed by atoms with Gasteiger partial charge in [-0.05, 0) is 38.1 Å². The molecular formula is C13H12Cl2N4O. The monoisotopic (exact) mass is 310 g/mol. The van der Waals surface area contributed by atoms with E-state index in [1.807, 2.05) is 0 Å². The Labute approximate surface area is 126 Å². The molecule has 0 aromatic carbocycles. The number of carbonyl (C=O) groups is 1. The highest BCUT2D eigenvalue weighted by molar-refractivity contribution is 6.31. The van der Waals surface area contributed by atoms with E-state index >= 15 is 0 Å². The highest BCUT2D eigenvalue weighted by Gasteiger charge is 2.07. The van der Waals surface area contributed by atoms with Crippen LogP contribution in [0.1, 0.15) is 11.4 Å². The SMILES string of the molecule is Cc1nc(NC(=O)Nc2ccc(Cl)c(C)n2)ccc1Cl. The average Bonchev–Trinajstić information content (AvgIpc) is 2.38. The van der Waals surface area contributed by atoms with E-state index in [1.54, 1.807) is 38.1 Å². The molecule has 0 radical (unpaired) electrons. The lowest BCUT2D eigenvalue weighted by Crippen LogP contribution is -2.21. The summed E-state index contributed by atoms with van der Waals surface area (Å²) in [6.07, 6.45) is 0. The fourth-order valence-corrected chi connectivity index (χ4v) is 1.70. The Hall–Kier alpha value is -1.85. The summed E-state index contributed by atoms with van der Waals surface area (Å²) in [5.41, 5.74) is 1.29. The van der Waals surface area contributed by atoms with Crippen LogP contribution in [-0.4, -0.2) is 16.0 Å². The molecule has 0 bridgehead atoms. The van der Waals surface area contributed by atoms with E-state index in [0.29, 0.717) is 33.1 Å². The first-order valence-electron chi connectivity index (χ1n) is 5.80. The van der Waals surface area contributed by atoms with E-state index in [1.165, 1.54) is 0 Å². The number of amides is 2. The normalized spacial score (nSPS) is 10.2. The van der Waals surface area contributed by atoms with Crippen LogP contribution in [0.15, 0.2) is 24.3 Å². The largest absolute Gasteiger partial charge is 0.326 e. The number of urea groups is 1. The molecule has 5 nitrogen and oxygen atoms in total. The number of pyridine rings is 2. The van der Waals surface area contributed by atoms with Gasteiger partial charge in [0.15, 0.2) is 0 Å². The smallest absolute Gasteiger partial charge is 0.292 e. The highest BCUT2D eigenvalue weighted by Crippen LogP contribution is 2.17. The number of carbonyl (C=O) groups excluding carboxylic acids is 1. The summed E-state index contributed by atoms with van der Waals surface area (Å²) in [5, 5.41) is 6.29. The van der Waals surface area contributed by atoms with Crippen LogP contribution in [0.25, 0.3) is 0 Å². The minimum absolute atomic E-state index is 0.412. The highest BCUT2D eigenvalue weighted by atomic mass is 35.5. The van der Waals surface area contributed by atoms with Crippen LogP contribution in [0.4, 0.5) is 16.4 Å². The van der Waals surface area contributed by atoms with Crippen molar-refractivity contribution in [3.8, 4) is 0 Å². The standard InChI is InChI=1S/C13H12Cl2N4O/c1-7-9(14)3-5-11(16-7)18-13(20)19-12-6-4-10(15)8(2)17-12/h3-6H,1-2H3,(H2,16,17,18,19,20). The molecule has 0 unspecified atom stereocenters. The molecule has 104 valence electrons. The van der Waals surface area contributed by atoms with Gasteiger partial charge in [0.1, 0.15) is 11.6 Å². The zero-order valence-electron chi connectivity index (χ0n) is 10.9. The van der Waals surface area contributed by atoms with Crippen molar-refractivity contribution in [2.75, 3.05) is 10.6 Å². The number of rotatable bonds is 2. The minimum Gasteiger partial charge on any atom is -0.292 e. The van der Waals surface area contributed by atoms with Crippen molar-refractivity contribution < 1.29 is 4.79 Å². The Morgan fingerprint density at radius 3 is 1.65 bits per heavy atom. The Balaban J connectivity index is 2.04. The van der Waals surface area contributed by atoms with Crippen molar-refractivity contribution in [3.05, 3.63) is 45.7 Å². The fraction of sp³-hybridized carbons (Fsp3) is 0.154. The van der Waals surface area contributed by atoms with E-state index in [9.17, 15) is 4.79 Å². The zero-order chi connectivity index (χ0) is 14.7. The van der Waals surface area contributed by atoms with E-state index < -0.39 is 6.03 Å². The van der Waals surface area contributed by atoms with Gasteiger partial charge in [0.2, 0.25) is 0 Å². The Kier molecular flexibility index (Phi) is 4.42. The molecule has 2 rings (SSSR count). The molecule has 2 N–H and O–H groups in total. The molecule has 7 heteroatoms. The molecule has 0 saturated carbocycles. The topological polar surface area (TPSA) is 66.9 Å². The molecule has 20 heavy (non-hydrogen) atoms. The maximum atomic E-state index is 11.8. The molecule has 0 atom stereocenters. The number of nitrogens with zero attached hydrogens (tertiary/aromatic N) is 2. The molecule has 0 saturated heterocycles. The van der Waals surface area contributed by atoms with Gasteiger partial charge < -0.3 is 0 Å². The van der Waals surface area contributed by atoms with Crippen LogP contribution in [0.3, 0.4) is 0 Å². The third-order valence-corrected chi connectivity index (χ3v) is 3.32. The Bertz CT molecular complexity index is 605. The van der Waals surface area contributed by atoms with Gasteiger partial charge in [-0.15, -0.1) is 0 Å². The van der Waals surface area contributed by atoms with Crippen molar-refractivity contribution in [1.29, 1.82) is 0 Å². The van der Waals surface area contributed by atoms with Crippen LogP contribution < -0.4 is 10.6 Å². The molecule has 0 aliphatic heterocycles. The van der Waals surface area contributed by atoms with Crippen LogP contribution in [0.2, 0.25) is 10.0 Å². The number of aromatic nitrogens is 2. The van der Waals surface area contributed by atoms with Gasteiger partial charge in [-0.2, -0.15) is 0 Å². The van der Waals surface area contributed by atoms with Crippen molar-refractivity contribution in [3.63, 3.8) is 0 Å². The summed E-state index contributed by atoms with van der Waals surface area (Å²) in [4.78, 5) is 20.1. The summed E-state index contributed by atoms with van der Waals surface area (Å²) in [7, 11) is 0. The van der Waals surface area contributed by atoms with Crippen molar-refractivity contribution in [2.24, 2.45) is 0 Å². The minimum atomic E-state index is -0.437. The Morgan fingerprint density at radius 2 is 1.30 bits per heavy atom. The second kappa shape index (κ2) is 6.07. The number of halogens is 2.